The molecule has 2 atom stereocenters. The summed E-state index contributed by atoms with van der Waals surface area (Å²) in [6.07, 6.45) is 5.21. The van der Waals surface area contributed by atoms with Crippen LogP contribution in [0.4, 0.5) is 5.82 Å². The third kappa shape index (κ3) is 3.00. The molecule has 23 heavy (non-hydrogen) atoms. The standard InChI is InChI=1S/C19H21N3O/c20-19-7-6-15(10-21-19)16-8-17-12-23-13-18(9-16)22(17)11-14-4-2-1-3-5-14/h1-8,10,17-18H,9,11-13H2,(H2,20,21). The second-order valence-corrected chi connectivity index (χ2v) is 6.28. The number of rotatable bonds is 3. The molecule has 1 aromatic carbocycles. The number of hydrogen-bond acceptors (Lipinski definition) is 4. The number of hydrogen-bond donors (Lipinski definition) is 1. The van der Waals surface area contributed by atoms with Gasteiger partial charge in [-0.3, -0.25) is 4.90 Å². The van der Waals surface area contributed by atoms with Crippen molar-refractivity contribution in [3.63, 3.8) is 0 Å². The van der Waals surface area contributed by atoms with Crippen LogP contribution in [0.2, 0.25) is 0 Å². The van der Waals surface area contributed by atoms with E-state index in [1.165, 1.54) is 16.7 Å². The Hall–Kier alpha value is -2.17. The number of morpholine rings is 1. The summed E-state index contributed by atoms with van der Waals surface area (Å²) >= 11 is 0. The summed E-state index contributed by atoms with van der Waals surface area (Å²) < 4.78 is 5.79. The molecule has 1 fully saturated rings. The molecule has 0 spiro atoms. The van der Waals surface area contributed by atoms with Crippen LogP contribution >= 0.6 is 0 Å². The van der Waals surface area contributed by atoms with Gasteiger partial charge in [0.25, 0.3) is 0 Å². The summed E-state index contributed by atoms with van der Waals surface area (Å²) in [5, 5.41) is 0. The maximum absolute atomic E-state index is 5.79. The van der Waals surface area contributed by atoms with Crippen LogP contribution in [-0.4, -0.2) is 35.2 Å². The molecular weight excluding hydrogens is 286 g/mol. The van der Waals surface area contributed by atoms with E-state index in [0.717, 1.165) is 26.2 Å². The maximum Gasteiger partial charge on any atom is 0.123 e. The molecule has 0 saturated carbocycles. The van der Waals surface area contributed by atoms with Crippen LogP contribution in [0.1, 0.15) is 17.5 Å². The summed E-state index contributed by atoms with van der Waals surface area (Å²) in [4.78, 5) is 6.79. The molecular formula is C19H21N3O. The van der Waals surface area contributed by atoms with E-state index in [0.29, 0.717) is 17.9 Å². The number of nitrogens with zero attached hydrogens (tertiary/aromatic N) is 2. The van der Waals surface area contributed by atoms with Gasteiger partial charge in [0.15, 0.2) is 0 Å². The van der Waals surface area contributed by atoms with Crippen LogP contribution in [0.5, 0.6) is 0 Å². The van der Waals surface area contributed by atoms with E-state index in [1.807, 2.05) is 12.3 Å². The van der Waals surface area contributed by atoms with E-state index in [1.54, 1.807) is 0 Å². The van der Waals surface area contributed by atoms with Crippen molar-refractivity contribution in [3.8, 4) is 0 Å². The average molecular weight is 307 g/mol. The van der Waals surface area contributed by atoms with Crippen molar-refractivity contribution in [3.05, 3.63) is 65.9 Å². The Morgan fingerprint density at radius 1 is 1.13 bits per heavy atom. The molecule has 2 aliphatic rings. The van der Waals surface area contributed by atoms with Gasteiger partial charge >= 0.3 is 0 Å². The lowest BCUT2D eigenvalue weighted by Gasteiger charge is -2.44. The van der Waals surface area contributed by atoms with Crippen LogP contribution in [-0.2, 0) is 11.3 Å². The topological polar surface area (TPSA) is 51.4 Å². The van der Waals surface area contributed by atoms with Gasteiger partial charge in [0, 0.05) is 18.8 Å². The summed E-state index contributed by atoms with van der Waals surface area (Å²) in [6.45, 7) is 2.53. The van der Waals surface area contributed by atoms with Crippen molar-refractivity contribution < 1.29 is 4.74 Å². The van der Waals surface area contributed by atoms with Crippen LogP contribution < -0.4 is 5.73 Å². The van der Waals surface area contributed by atoms with E-state index < -0.39 is 0 Å². The lowest BCUT2D eigenvalue weighted by atomic mass is 9.90. The van der Waals surface area contributed by atoms with Gasteiger partial charge in [0.1, 0.15) is 5.82 Å². The van der Waals surface area contributed by atoms with Crippen molar-refractivity contribution in [2.75, 3.05) is 18.9 Å². The molecule has 4 nitrogen and oxygen atoms in total. The molecule has 0 amide bonds. The Labute approximate surface area is 136 Å². The highest BCUT2D eigenvalue weighted by Crippen LogP contribution is 2.33. The number of nitrogen functional groups attached to an aromatic ring is 1. The van der Waals surface area contributed by atoms with Gasteiger partial charge in [-0.15, -0.1) is 0 Å². The number of fused-ring (bicyclic) bond motifs is 2. The number of nitrogens with two attached hydrogens (primary N) is 1. The molecule has 1 aromatic heterocycles. The summed E-state index contributed by atoms with van der Waals surface area (Å²) in [5.74, 6) is 0.569. The molecule has 2 aromatic rings. The quantitative estimate of drug-likeness (QED) is 0.947. The first-order chi connectivity index (χ1) is 11.3. The predicted octanol–water partition coefficient (Wildman–Crippen LogP) is 2.72. The molecule has 0 aliphatic carbocycles. The third-order valence-corrected chi connectivity index (χ3v) is 4.71. The zero-order chi connectivity index (χ0) is 15.6. The minimum absolute atomic E-state index is 0.329. The Morgan fingerprint density at radius 2 is 2.00 bits per heavy atom. The normalized spacial score (nSPS) is 24.3. The fraction of sp³-hybridized carbons (Fsp3) is 0.316. The highest BCUT2D eigenvalue weighted by Gasteiger charge is 2.34. The van der Waals surface area contributed by atoms with Gasteiger partial charge in [-0.1, -0.05) is 36.4 Å². The lowest BCUT2D eigenvalue weighted by molar-refractivity contribution is -0.0402. The first kappa shape index (κ1) is 14.4. The molecule has 4 heteroatoms. The molecule has 2 bridgehead atoms. The SMILES string of the molecule is Nc1ccc(C2=CC3COCC(C2)N3Cc2ccccc2)cn1. The van der Waals surface area contributed by atoms with Crippen molar-refractivity contribution >= 4 is 11.4 Å². The largest absolute Gasteiger partial charge is 0.384 e. The van der Waals surface area contributed by atoms with Crippen molar-refractivity contribution in [1.82, 2.24) is 9.88 Å². The van der Waals surface area contributed by atoms with Crippen molar-refractivity contribution in [2.45, 2.75) is 25.0 Å². The number of ether oxygens (including phenoxy) is 1. The number of benzene rings is 1. The molecule has 2 unspecified atom stereocenters. The zero-order valence-electron chi connectivity index (χ0n) is 13.1. The Kier molecular flexibility index (Phi) is 3.85. The van der Waals surface area contributed by atoms with Crippen LogP contribution in [0.3, 0.4) is 0 Å². The molecule has 118 valence electrons. The fourth-order valence-corrected chi connectivity index (χ4v) is 3.51. The lowest BCUT2D eigenvalue weighted by Crippen LogP contribution is -2.53. The van der Waals surface area contributed by atoms with Crippen LogP contribution in [0, 0.1) is 0 Å². The van der Waals surface area contributed by atoms with Gasteiger partial charge in [0.05, 0.1) is 19.3 Å². The van der Waals surface area contributed by atoms with E-state index >= 15 is 0 Å². The van der Waals surface area contributed by atoms with Crippen molar-refractivity contribution in [1.29, 1.82) is 0 Å². The van der Waals surface area contributed by atoms with Gasteiger partial charge in [0.2, 0.25) is 0 Å². The molecule has 2 aliphatic heterocycles. The number of aromatic nitrogens is 1. The Bertz CT molecular complexity index is 696. The molecule has 1 saturated heterocycles. The average Bonchev–Trinajstić information content (AvgIpc) is 2.56. The predicted molar refractivity (Wildman–Crippen MR) is 91.6 cm³/mol. The number of anilines is 1. The van der Waals surface area contributed by atoms with Gasteiger partial charge in [-0.25, -0.2) is 4.98 Å². The number of pyridine rings is 1. The van der Waals surface area contributed by atoms with Crippen LogP contribution in [0.15, 0.2) is 54.7 Å². The van der Waals surface area contributed by atoms with Gasteiger partial charge in [-0.2, -0.15) is 0 Å². The zero-order valence-corrected chi connectivity index (χ0v) is 13.1. The monoisotopic (exact) mass is 307 g/mol. The molecule has 3 heterocycles. The smallest absolute Gasteiger partial charge is 0.123 e. The molecule has 0 radical (unpaired) electrons. The third-order valence-electron chi connectivity index (χ3n) is 4.71. The maximum atomic E-state index is 5.79. The first-order valence-corrected chi connectivity index (χ1v) is 8.09. The van der Waals surface area contributed by atoms with Crippen LogP contribution in [0.25, 0.3) is 5.57 Å². The molecule has 2 N–H and O–H groups in total. The van der Waals surface area contributed by atoms with Gasteiger partial charge < -0.3 is 10.5 Å². The second-order valence-electron chi connectivity index (χ2n) is 6.28. The minimum atomic E-state index is 0.329. The summed E-state index contributed by atoms with van der Waals surface area (Å²) in [6, 6.07) is 15.4. The fourth-order valence-electron chi connectivity index (χ4n) is 3.51. The van der Waals surface area contributed by atoms with E-state index in [9.17, 15) is 0 Å². The highest BCUT2D eigenvalue weighted by molar-refractivity contribution is 5.67. The Morgan fingerprint density at radius 3 is 2.74 bits per heavy atom. The van der Waals surface area contributed by atoms with E-state index in [-0.39, 0.29) is 0 Å². The summed E-state index contributed by atoms with van der Waals surface area (Å²) in [7, 11) is 0. The van der Waals surface area contributed by atoms with Crippen molar-refractivity contribution in [2.24, 2.45) is 0 Å². The highest BCUT2D eigenvalue weighted by atomic mass is 16.5. The van der Waals surface area contributed by atoms with E-state index in [4.69, 9.17) is 10.5 Å². The second kappa shape index (κ2) is 6.14. The van der Waals surface area contributed by atoms with Gasteiger partial charge in [-0.05, 0) is 35.3 Å². The summed E-state index contributed by atoms with van der Waals surface area (Å²) in [5.41, 5.74) is 9.59. The molecule has 4 rings (SSSR count). The first-order valence-electron chi connectivity index (χ1n) is 8.09. The Balaban J connectivity index is 1.59. The van der Waals surface area contributed by atoms with E-state index in [2.05, 4.69) is 52.4 Å². The minimum Gasteiger partial charge on any atom is -0.384 e.